The summed E-state index contributed by atoms with van der Waals surface area (Å²) in [6, 6.07) is 0. The van der Waals surface area contributed by atoms with Crippen LogP contribution in [0.5, 0.6) is 0 Å². The summed E-state index contributed by atoms with van der Waals surface area (Å²) in [4.78, 5) is 72.7. The Morgan fingerprint density at radius 1 is 0.301 bits per heavy atom. The first kappa shape index (κ1) is 91.1. The van der Waals surface area contributed by atoms with Crippen molar-refractivity contribution < 1.29 is 80.2 Å². The van der Waals surface area contributed by atoms with Gasteiger partial charge in [0.25, 0.3) is 0 Å². The number of ether oxygens (including phenoxy) is 4. The smallest absolute Gasteiger partial charge is 0.462 e. The molecule has 17 nitrogen and oxygen atoms in total. The number of aliphatic hydroxyl groups excluding tert-OH is 1. The third-order valence-electron chi connectivity index (χ3n) is 17.8. The molecule has 7 atom stereocenters. The molecule has 3 N–H and O–H groups in total. The number of hydrogen-bond acceptors (Lipinski definition) is 15. The fourth-order valence-corrected chi connectivity index (χ4v) is 12.7. The molecular weight excluding hydrogens is 1220 g/mol. The van der Waals surface area contributed by atoms with Gasteiger partial charge in [0, 0.05) is 25.7 Å². The second-order valence-electron chi connectivity index (χ2n) is 28.1. The molecule has 0 aliphatic rings. The number of phosphoric acid groups is 2. The molecule has 0 aromatic rings. The Hall–Kier alpha value is -1.94. The van der Waals surface area contributed by atoms with E-state index in [1.54, 1.807) is 0 Å². The van der Waals surface area contributed by atoms with Gasteiger partial charge in [-0.05, 0) is 49.4 Å². The van der Waals surface area contributed by atoms with Crippen LogP contribution in [0.25, 0.3) is 0 Å². The number of hydrogen-bond donors (Lipinski definition) is 3. The molecular formula is C74H144O17P2. The van der Waals surface area contributed by atoms with Gasteiger partial charge in [-0.1, -0.05) is 319 Å². The zero-order chi connectivity index (χ0) is 68.9. The number of carbonyl (C=O) groups is 4. The van der Waals surface area contributed by atoms with E-state index in [1.807, 2.05) is 0 Å². The molecule has 0 amide bonds. The molecule has 552 valence electrons. The minimum absolute atomic E-state index is 0.105. The maximum atomic E-state index is 13.0. The van der Waals surface area contributed by atoms with Crippen LogP contribution in [0.1, 0.15) is 370 Å². The van der Waals surface area contributed by atoms with Crippen LogP contribution in [-0.2, 0) is 65.4 Å². The van der Waals surface area contributed by atoms with Crippen molar-refractivity contribution in [1.82, 2.24) is 0 Å². The third kappa shape index (κ3) is 65.8. The van der Waals surface area contributed by atoms with E-state index in [-0.39, 0.29) is 25.7 Å². The lowest BCUT2D eigenvalue weighted by Crippen LogP contribution is -2.30. The fraction of sp³-hybridized carbons (Fsp3) is 0.946. The van der Waals surface area contributed by atoms with Crippen molar-refractivity contribution in [1.29, 1.82) is 0 Å². The normalized spacial score (nSPS) is 14.8. The SMILES string of the molecule is CCC(C)CCCCCCCCC(=O)OC[C@H](COP(=O)(O)OC[C@H](O)COP(=O)(O)OC[C@@H](COC(=O)CCCCCCCCC(C)CC)OC(=O)CCCCCCCCCCCCCCC(C)C)OC(=O)CCCCCCCCCCCCCCCCCC(C)C. The number of rotatable bonds is 71. The number of unbranched alkanes of at least 4 members (excludes halogenated alkanes) is 35. The van der Waals surface area contributed by atoms with Crippen molar-refractivity contribution >= 4 is 39.5 Å². The summed E-state index contributed by atoms with van der Waals surface area (Å²) in [6.45, 7) is 14.1. The molecule has 0 fully saturated rings. The topological polar surface area (TPSA) is 237 Å². The minimum atomic E-state index is -4.96. The van der Waals surface area contributed by atoms with Crippen LogP contribution in [0.15, 0.2) is 0 Å². The van der Waals surface area contributed by atoms with E-state index < -0.39 is 97.5 Å². The maximum absolute atomic E-state index is 13.0. The Morgan fingerprint density at radius 3 is 0.763 bits per heavy atom. The predicted octanol–water partition coefficient (Wildman–Crippen LogP) is 21.3. The number of phosphoric ester groups is 2. The molecule has 93 heavy (non-hydrogen) atoms. The first-order valence-electron chi connectivity index (χ1n) is 38.3. The minimum Gasteiger partial charge on any atom is -0.462 e. The van der Waals surface area contributed by atoms with Crippen molar-refractivity contribution in [3.8, 4) is 0 Å². The van der Waals surface area contributed by atoms with Crippen molar-refractivity contribution in [2.24, 2.45) is 23.7 Å². The highest BCUT2D eigenvalue weighted by atomic mass is 31.2. The number of aliphatic hydroxyl groups is 1. The average Bonchev–Trinajstić information content (AvgIpc) is 3.33. The first-order valence-corrected chi connectivity index (χ1v) is 41.3. The van der Waals surface area contributed by atoms with Gasteiger partial charge in [0.1, 0.15) is 19.3 Å². The molecule has 0 spiro atoms. The molecule has 0 radical (unpaired) electrons. The molecule has 0 aliphatic carbocycles. The Morgan fingerprint density at radius 2 is 0.516 bits per heavy atom. The monoisotopic (exact) mass is 1370 g/mol. The van der Waals surface area contributed by atoms with Gasteiger partial charge in [0.05, 0.1) is 26.4 Å². The first-order chi connectivity index (χ1) is 44.7. The van der Waals surface area contributed by atoms with Crippen LogP contribution in [0.4, 0.5) is 0 Å². The van der Waals surface area contributed by atoms with Gasteiger partial charge in [-0.3, -0.25) is 37.3 Å². The highest BCUT2D eigenvalue weighted by Crippen LogP contribution is 2.45. The standard InChI is InChI=1S/C74H144O17P2/c1-9-66(7)52-44-36-30-32-38-46-54-71(76)84-60-69(90-73(78)56-48-40-28-24-20-15-13-11-12-14-18-22-26-34-42-50-64(3)4)62-88-92(80,81)86-58-68(75)59-87-93(82,83)89-63-70(61-85-72(77)55-47-39-33-31-37-45-53-67(8)10-2)91-74(79)57-49-41-29-25-21-17-16-19-23-27-35-43-51-65(5)6/h64-70,75H,9-63H2,1-8H3,(H,80,81)(H,82,83)/t66?,67?,68-,69+,70+/m0/s1. The van der Waals surface area contributed by atoms with Gasteiger partial charge in [0.2, 0.25) is 0 Å². The molecule has 0 aromatic heterocycles. The zero-order valence-corrected chi connectivity index (χ0v) is 62.7. The summed E-state index contributed by atoms with van der Waals surface area (Å²) in [7, 11) is -9.91. The Balaban J connectivity index is 5.23. The molecule has 0 aromatic carbocycles. The summed E-state index contributed by atoms with van der Waals surface area (Å²) in [5.74, 6) is 0.915. The van der Waals surface area contributed by atoms with E-state index >= 15 is 0 Å². The molecule has 0 aliphatic heterocycles. The van der Waals surface area contributed by atoms with Gasteiger partial charge in [-0.25, -0.2) is 9.13 Å². The van der Waals surface area contributed by atoms with Crippen LogP contribution in [-0.4, -0.2) is 96.7 Å². The average molecular weight is 1370 g/mol. The molecule has 0 saturated heterocycles. The summed E-state index contributed by atoms with van der Waals surface area (Å²) < 4.78 is 68.4. The Bertz CT molecular complexity index is 1840. The van der Waals surface area contributed by atoms with Crippen LogP contribution >= 0.6 is 15.6 Å². The predicted molar refractivity (Wildman–Crippen MR) is 377 cm³/mol. The third-order valence-corrected chi connectivity index (χ3v) is 19.7. The molecule has 4 unspecified atom stereocenters. The summed E-state index contributed by atoms with van der Waals surface area (Å²) >= 11 is 0. The van der Waals surface area contributed by atoms with Gasteiger partial charge < -0.3 is 33.8 Å². The van der Waals surface area contributed by atoms with E-state index in [9.17, 15) is 43.2 Å². The molecule has 0 saturated carbocycles. The second-order valence-corrected chi connectivity index (χ2v) is 31.0. The van der Waals surface area contributed by atoms with Crippen molar-refractivity contribution in [3.05, 3.63) is 0 Å². The Labute approximate surface area is 568 Å². The second kappa shape index (κ2) is 63.5. The largest absolute Gasteiger partial charge is 0.472 e. The van der Waals surface area contributed by atoms with Crippen LogP contribution < -0.4 is 0 Å². The van der Waals surface area contributed by atoms with E-state index in [4.69, 9.17) is 37.0 Å². The highest BCUT2D eigenvalue weighted by Gasteiger charge is 2.30. The van der Waals surface area contributed by atoms with Crippen LogP contribution in [0.3, 0.4) is 0 Å². The van der Waals surface area contributed by atoms with Crippen LogP contribution in [0.2, 0.25) is 0 Å². The van der Waals surface area contributed by atoms with Crippen molar-refractivity contribution in [2.75, 3.05) is 39.6 Å². The number of esters is 4. The van der Waals surface area contributed by atoms with Gasteiger partial charge >= 0.3 is 39.5 Å². The van der Waals surface area contributed by atoms with Gasteiger partial charge in [-0.15, -0.1) is 0 Å². The van der Waals surface area contributed by atoms with E-state index in [0.717, 1.165) is 126 Å². The molecule has 0 bridgehead atoms. The quantitative estimate of drug-likeness (QED) is 0.0222. The molecule has 0 heterocycles. The lowest BCUT2D eigenvalue weighted by molar-refractivity contribution is -0.161. The summed E-state index contributed by atoms with van der Waals surface area (Å²) in [6.07, 6.45) is 47.2. The van der Waals surface area contributed by atoms with E-state index in [1.165, 1.54) is 161 Å². The lowest BCUT2D eigenvalue weighted by atomic mass is 10.00. The number of carbonyl (C=O) groups excluding carboxylic acids is 4. The Kier molecular flexibility index (Phi) is 62.2. The van der Waals surface area contributed by atoms with Crippen molar-refractivity contribution in [3.63, 3.8) is 0 Å². The van der Waals surface area contributed by atoms with Crippen molar-refractivity contribution in [2.45, 2.75) is 388 Å². The van der Waals surface area contributed by atoms with Gasteiger partial charge in [-0.2, -0.15) is 0 Å². The van der Waals surface area contributed by atoms with E-state index in [0.29, 0.717) is 25.7 Å². The molecule has 0 rings (SSSR count). The molecule has 19 heteroatoms. The van der Waals surface area contributed by atoms with Crippen LogP contribution in [0, 0.1) is 23.7 Å². The fourth-order valence-electron chi connectivity index (χ4n) is 11.1. The summed E-state index contributed by atoms with van der Waals surface area (Å²) in [5.41, 5.74) is 0. The highest BCUT2D eigenvalue weighted by molar-refractivity contribution is 7.47. The van der Waals surface area contributed by atoms with E-state index in [2.05, 4.69) is 55.4 Å². The summed E-state index contributed by atoms with van der Waals surface area (Å²) in [5, 5.41) is 10.6. The lowest BCUT2D eigenvalue weighted by Gasteiger charge is -2.21. The zero-order valence-electron chi connectivity index (χ0n) is 60.9. The van der Waals surface area contributed by atoms with Gasteiger partial charge in [0.15, 0.2) is 12.2 Å². The maximum Gasteiger partial charge on any atom is 0.472 e.